The van der Waals surface area contributed by atoms with Gasteiger partial charge in [0.05, 0.1) is 5.60 Å². The Hall–Kier alpha value is -0.680. The molecule has 0 spiro atoms. The van der Waals surface area contributed by atoms with E-state index in [0.29, 0.717) is 11.0 Å². The van der Waals surface area contributed by atoms with Crippen LogP contribution in [0.1, 0.15) is 13.8 Å². The minimum absolute atomic E-state index is 0.236. The summed E-state index contributed by atoms with van der Waals surface area (Å²) in [5, 5.41) is 9.59. The van der Waals surface area contributed by atoms with Gasteiger partial charge in [-0.1, -0.05) is 0 Å². The lowest BCUT2D eigenvalue weighted by Gasteiger charge is -2.26. The van der Waals surface area contributed by atoms with Crippen LogP contribution in [0.4, 0.5) is 10.2 Å². The van der Waals surface area contributed by atoms with Crippen LogP contribution in [0.5, 0.6) is 0 Å². The van der Waals surface area contributed by atoms with Crippen LogP contribution in [0.3, 0.4) is 0 Å². The molecule has 0 aliphatic rings. The smallest absolute Gasteiger partial charge is 0.166 e. The van der Waals surface area contributed by atoms with Gasteiger partial charge in [-0.3, -0.25) is 0 Å². The summed E-state index contributed by atoms with van der Waals surface area (Å²) >= 11 is 3.14. The van der Waals surface area contributed by atoms with Gasteiger partial charge in [0.15, 0.2) is 11.6 Å². The number of aromatic nitrogens is 1. The Labute approximate surface area is 97.1 Å². The normalized spacial score (nSPS) is 11.6. The molecular formula is C10H14BrFN2O. The Morgan fingerprint density at radius 1 is 1.60 bits per heavy atom. The lowest BCUT2D eigenvalue weighted by atomic mass is 10.1. The standard InChI is InChI=1S/C10H14BrFN2O/c1-10(2,15)6-14(3)9-8(12)4-7(11)5-13-9/h4-5,15H,6H2,1-3H3. The van der Waals surface area contributed by atoms with Gasteiger partial charge < -0.3 is 10.0 Å². The summed E-state index contributed by atoms with van der Waals surface area (Å²) in [4.78, 5) is 5.54. The first-order valence-electron chi connectivity index (χ1n) is 4.54. The van der Waals surface area contributed by atoms with Crippen LogP contribution in [0.15, 0.2) is 16.7 Å². The van der Waals surface area contributed by atoms with Crippen LogP contribution in [0, 0.1) is 5.82 Å². The molecule has 0 unspecified atom stereocenters. The third kappa shape index (κ3) is 3.76. The monoisotopic (exact) mass is 276 g/mol. The molecule has 0 aromatic carbocycles. The number of aliphatic hydroxyl groups is 1. The molecule has 1 aromatic heterocycles. The van der Waals surface area contributed by atoms with E-state index in [0.717, 1.165) is 0 Å². The molecule has 1 rings (SSSR count). The van der Waals surface area contributed by atoms with Gasteiger partial charge in [-0.05, 0) is 35.8 Å². The number of rotatable bonds is 3. The van der Waals surface area contributed by atoms with Gasteiger partial charge in [-0.15, -0.1) is 0 Å². The van der Waals surface area contributed by atoms with E-state index in [-0.39, 0.29) is 5.82 Å². The highest BCUT2D eigenvalue weighted by Crippen LogP contribution is 2.20. The highest BCUT2D eigenvalue weighted by atomic mass is 79.9. The largest absolute Gasteiger partial charge is 0.389 e. The summed E-state index contributed by atoms with van der Waals surface area (Å²) in [6, 6.07) is 1.35. The minimum Gasteiger partial charge on any atom is -0.389 e. The molecule has 1 aromatic rings. The summed E-state index contributed by atoms with van der Waals surface area (Å²) in [5.41, 5.74) is -0.879. The van der Waals surface area contributed by atoms with Crippen molar-refractivity contribution < 1.29 is 9.50 Å². The van der Waals surface area contributed by atoms with Crippen LogP contribution in [0.2, 0.25) is 0 Å². The van der Waals surface area contributed by atoms with E-state index < -0.39 is 11.4 Å². The Kier molecular flexibility index (Phi) is 3.67. The van der Waals surface area contributed by atoms with Crippen molar-refractivity contribution in [2.45, 2.75) is 19.4 Å². The number of halogens is 2. The maximum atomic E-state index is 13.5. The zero-order chi connectivity index (χ0) is 11.6. The van der Waals surface area contributed by atoms with E-state index in [9.17, 15) is 9.50 Å². The lowest BCUT2D eigenvalue weighted by Crippen LogP contribution is -2.37. The highest BCUT2D eigenvalue weighted by Gasteiger charge is 2.18. The van der Waals surface area contributed by atoms with Gasteiger partial charge in [0, 0.05) is 24.3 Å². The average Bonchev–Trinajstić information content (AvgIpc) is 1.99. The molecule has 0 aliphatic carbocycles. The second kappa shape index (κ2) is 4.45. The average molecular weight is 277 g/mol. The first-order valence-corrected chi connectivity index (χ1v) is 5.33. The quantitative estimate of drug-likeness (QED) is 0.920. The number of pyridine rings is 1. The van der Waals surface area contributed by atoms with Gasteiger partial charge in [-0.25, -0.2) is 9.37 Å². The van der Waals surface area contributed by atoms with E-state index in [1.165, 1.54) is 12.3 Å². The van der Waals surface area contributed by atoms with Crippen LogP contribution in [0.25, 0.3) is 0 Å². The van der Waals surface area contributed by atoms with Gasteiger partial charge >= 0.3 is 0 Å². The van der Waals surface area contributed by atoms with E-state index >= 15 is 0 Å². The predicted molar refractivity (Wildman–Crippen MR) is 61.5 cm³/mol. The Morgan fingerprint density at radius 2 is 2.20 bits per heavy atom. The van der Waals surface area contributed by atoms with E-state index in [4.69, 9.17) is 0 Å². The van der Waals surface area contributed by atoms with Crippen molar-refractivity contribution >= 4 is 21.7 Å². The fourth-order valence-electron chi connectivity index (χ4n) is 1.34. The number of anilines is 1. The fraction of sp³-hybridized carbons (Fsp3) is 0.500. The van der Waals surface area contributed by atoms with Crippen LogP contribution >= 0.6 is 15.9 Å². The highest BCUT2D eigenvalue weighted by molar-refractivity contribution is 9.10. The zero-order valence-corrected chi connectivity index (χ0v) is 10.5. The number of nitrogens with zero attached hydrogens (tertiary/aromatic N) is 2. The second-order valence-electron chi connectivity index (χ2n) is 4.13. The molecular weight excluding hydrogens is 263 g/mol. The van der Waals surface area contributed by atoms with Crippen molar-refractivity contribution in [1.82, 2.24) is 4.98 Å². The Bertz CT molecular complexity index is 352. The molecule has 0 bridgehead atoms. The summed E-state index contributed by atoms with van der Waals surface area (Å²) in [6.07, 6.45) is 1.53. The van der Waals surface area contributed by atoms with Crippen LogP contribution < -0.4 is 4.90 Å². The zero-order valence-electron chi connectivity index (χ0n) is 8.96. The van der Waals surface area contributed by atoms with Gasteiger partial charge in [0.2, 0.25) is 0 Å². The maximum absolute atomic E-state index is 13.5. The summed E-state index contributed by atoms with van der Waals surface area (Å²) in [7, 11) is 1.69. The first kappa shape index (κ1) is 12.4. The molecule has 0 fully saturated rings. The van der Waals surface area contributed by atoms with Crippen molar-refractivity contribution in [3.8, 4) is 0 Å². The van der Waals surface area contributed by atoms with Gasteiger partial charge in [-0.2, -0.15) is 0 Å². The maximum Gasteiger partial charge on any atom is 0.166 e. The third-order valence-electron chi connectivity index (χ3n) is 1.77. The second-order valence-corrected chi connectivity index (χ2v) is 5.04. The van der Waals surface area contributed by atoms with E-state index in [1.54, 1.807) is 25.8 Å². The molecule has 0 amide bonds. The molecule has 5 heteroatoms. The van der Waals surface area contributed by atoms with Crippen molar-refractivity contribution in [3.63, 3.8) is 0 Å². The van der Waals surface area contributed by atoms with Crippen LogP contribution in [-0.2, 0) is 0 Å². The van der Waals surface area contributed by atoms with Gasteiger partial charge in [0.25, 0.3) is 0 Å². The summed E-state index contributed by atoms with van der Waals surface area (Å²) in [6.45, 7) is 3.65. The lowest BCUT2D eigenvalue weighted by molar-refractivity contribution is 0.0883. The number of hydrogen-bond acceptors (Lipinski definition) is 3. The fourth-order valence-corrected chi connectivity index (χ4v) is 1.65. The van der Waals surface area contributed by atoms with E-state index in [2.05, 4.69) is 20.9 Å². The van der Waals surface area contributed by atoms with Crippen molar-refractivity contribution in [2.75, 3.05) is 18.5 Å². The summed E-state index contributed by atoms with van der Waals surface area (Å²) in [5.74, 6) is -0.170. The number of likely N-dealkylation sites (N-methyl/N-ethyl adjacent to an activating group) is 1. The molecule has 84 valence electrons. The molecule has 3 nitrogen and oxygen atoms in total. The number of hydrogen-bond donors (Lipinski definition) is 1. The SMILES string of the molecule is CN(CC(C)(C)O)c1ncc(Br)cc1F. The Morgan fingerprint density at radius 3 is 2.67 bits per heavy atom. The first-order chi connectivity index (χ1) is 6.79. The molecule has 0 aliphatic heterocycles. The molecule has 0 saturated carbocycles. The van der Waals surface area contributed by atoms with Gasteiger partial charge in [0.1, 0.15) is 0 Å². The molecule has 1 heterocycles. The van der Waals surface area contributed by atoms with E-state index in [1.807, 2.05) is 0 Å². The molecule has 0 radical (unpaired) electrons. The third-order valence-corrected chi connectivity index (χ3v) is 2.21. The summed E-state index contributed by atoms with van der Waals surface area (Å²) < 4.78 is 14.1. The topological polar surface area (TPSA) is 36.4 Å². The molecule has 0 atom stereocenters. The molecule has 15 heavy (non-hydrogen) atoms. The van der Waals surface area contributed by atoms with Crippen molar-refractivity contribution in [2.24, 2.45) is 0 Å². The predicted octanol–water partition coefficient (Wildman–Crippen LogP) is 2.19. The van der Waals surface area contributed by atoms with Crippen molar-refractivity contribution in [3.05, 3.63) is 22.6 Å². The Balaban J connectivity index is 2.87. The molecule has 0 saturated heterocycles. The van der Waals surface area contributed by atoms with Crippen molar-refractivity contribution in [1.29, 1.82) is 0 Å². The van der Waals surface area contributed by atoms with Crippen LogP contribution in [-0.4, -0.2) is 29.3 Å². The molecule has 1 N–H and O–H groups in total. The minimum atomic E-state index is -0.879.